The van der Waals surface area contributed by atoms with Gasteiger partial charge in [-0.2, -0.15) is 0 Å². The zero-order chi connectivity index (χ0) is 13.9. The van der Waals surface area contributed by atoms with E-state index in [9.17, 15) is 0 Å². The van der Waals surface area contributed by atoms with E-state index in [0.717, 1.165) is 24.5 Å². The number of rotatable bonds is 5. The fourth-order valence-electron chi connectivity index (χ4n) is 2.99. The summed E-state index contributed by atoms with van der Waals surface area (Å²) in [4.78, 5) is 8.77. The first-order chi connectivity index (χ1) is 9.05. The topological polar surface area (TPSA) is 49.8 Å². The average Bonchev–Trinajstić information content (AvgIpc) is 2.71. The first-order valence-corrected chi connectivity index (χ1v) is 7.34. The highest BCUT2D eigenvalue weighted by atomic mass is 15.1. The molecule has 0 bridgehead atoms. The van der Waals surface area contributed by atoms with Gasteiger partial charge < -0.3 is 10.6 Å². The highest BCUT2D eigenvalue weighted by molar-refractivity contribution is 5.57. The molecule has 19 heavy (non-hydrogen) atoms. The summed E-state index contributed by atoms with van der Waals surface area (Å²) in [5.74, 6) is 1.97. The Hall–Kier alpha value is -1.32. The molecule has 0 spiro atoms. The minimum absolute atomic E-state index is 0.460. The SMILES string of the molecule is CCCc1c(NC)ncnc1NC1CCC(C)(C)C1. The molecule has 0 aliphatic heterocycles. The zero-order valence-corrected chi connectivity index (χ0v) is 12.6. The van der Waals surface area contributed by atoms with Gasteiger partial charge in [0.2, 0.25) is 0 Å². The van der Waals surface area contributed by atoms with E-state index in [-0.39, 0.29) is 0 Å². The highest BCUT2D eigenvalue weighted by Crippen LogP contribution is 2.38. The van der Waals surface area contributed by atoms with Crippen molar-refractivity contribution in [2.24, 2.45) is 5.41 Å². The molecule has 1 aromatic rings. The van der Waals surface area contributed by atoms with Crippen molar-refractivity contribution in [1.29, 1.82) is 0 Å². The maximum absolute atomic E-state index is 4.45. The van der Waals surface area contributed by atoms with E-state index in [4.69, 9.17) is 0 Å². The van der Waals surface area contributed by atoms with Gasteiger partial charge in [0, 0.05) is 18.7 Å². The van der Waals surface area contributed by atoms with Crippen molar-refractivity contribution in [3.05, 3.63) is 11.9 Å². The summed E-state index contributed by atoms with van der Waals surface area (Å²) in [6.07, 6.45) is 7.50. The summed E-state index contributed by atoms with van der Waals surface area (Å²) < 4.78 is 0. The Balaban J connectivity index is 2.15. The molecule has 0 saturated heterocycles. The Morgan fingerprint density at radius 3 is 2.63 bits per heavy atom. The van der Waals surface area contributed by atoms with Crippen LogP contribution in [0.4, 0.5) is 11.6 Å². The summed E-state index contributed by atoms with van der Waals surface area (Å²) >= 11 is 0. The van der Waals surface area contributed by atoms with E-state index in [1.807, 2.05) is 7.05 Å². The average molecular weight is 262 g/mol. The molecule has 1 aromatic heterocycles. The van der Waals surface area contributed by atoms with Gasteiger partial charge in [-0.3, -0.25) is 0 Å². The minimum Gasteiger partial charge on any atom is -0.373 e. The van der Waals surface area contributed by atoms with Gasteiger partial charge in [0.1, 0.15) is 18.0 Å². The van der Waals surface area contributed by atoms with E-state index in [2.05, 4.69) is 41.4 Å². The molecule has 1 fully saturated rings. The van der Waals surface area contributed by atoms with Gasteiger partial charge >= 0.3 is 0 Å². The van der Waals surface area contributed by atoms with E-state index in [1.165, 1.54) is 24.8 Å². The fourth-order valence-corrected chi connectivity index (χ4v) is 2.99. The first-order valence-electron chi connectivity index (χ1n) is 7.34. The molecule has 1 aliphatic carbocycles. The second-order valence-electron chi connectivity index (χ2n) is 6.30. The van der Waals surface area contributed by atoms with Crippen LogP contribution in [-0.4, -0.2) is 23.1 Å². The second kappa shape index (κ2) is 5.76. The van der Waals surface area contributed by atoms with Gasteiger partial charge in [0.05, 0.1) is 0 Å². The molecule has 2 rings (SSSR count). The van der Waals surface area contributed by atoms with E-state index in [0.29, 0.717) is 11.5 Å². The standard InChI is InChI=1S/C15H26N4/c1-5-6-12-13(16-4)17-10-18-14(12)19-11-7-8-15(2,3)9-11/h10-11H,5-9H2,1-4H3,(H2,16,17,18,19). The van der Waals surface area contributed by atoms with Gasteiger partial charge in [0.25, 0.3) is 0 Å². The number of hydrogen-bond donors (Lipinski definition) is 2. The summed E-state index contributed by atoms with van der Waals surface area (Å²) in [6, 6.07) is 0.546. The number of aromatic nitrogens is 2. The molecule has 1 saturated carbocycles. The van der Waals surface area contributed by atoms with Crippen molar-refractivity contribution >= 4 is 11.6 Å². The van der Waals surface area contributed by atoms with Crippen molar-refractivity contribution in [3.63, 3.8) is 0 Å². The van der Waals surface area contributed by atoms with E-state index < -0.39 is 0 Å². The number of hydrogen-bond acceptors (Lipinski definition) is 4. The molecule has 4 heteroatoms. The zero-order valence-electron chi connectivity index (χ0n) is 12.6. The van der Waals surface area contributed by atoms with Crippen LogP contribution in [0.15, 0.2) is 6.33 Å². The lowest BCUT2D eigenvalue weighted by molar-refractivity contribution is 0.378. The monoisotopic (exact) mass is 262 g/mol. The van der Waals surface area contributed by atoms with Crippen molar-refractivity contribution in [2.45, 2.75) is 58.9 Å². The maximum atomic E-state index is 4.45. The summed E-state index contributed by atoms with van der Waals surface area (Å²) in [7, 11) is 1.92. The predicted molar refractivity (Wildman–Crippen MR) is 80.6 cm³/mol. The van der Waals surface area contributed by atoms with Crippen LogP contribution in [0.1, 0.15) is 52.0 Å². The highest BCUT2D eigenvalue weighted by Gasteiger charge is 2.31. The molecule has 4 nitrogen and oxygen atoms in total. The number of nitrogens with one attached hydrogen (secondary N) is 2. The van der Waals surface area contributed by atoms with Crippen molar-refractivity contribution in [2.75, 3.05) is 17.7 Å². The molecular weight excluding hydrogens is 236 g/mol. The van der Waals surface area contributed by atoms with Crippen LogP contribution in [-0.2, 0) is 6.42 Å². The largest absolute Gasteiger partial charge is 0.373 e. The van der Waals surface area contributed by atoms with Gasteiger partial charge in [-0.1, -0.05) is 27.2 Å². The molecule has 1 unspecified atom stereocenters. The molecule has 1 aliphatic rings. The fraction of sp³-hybridized carbons (Fsp3) is 0.733. The van der Waals surface area contributed by atoms with Crippen LogP contribution in [0.25, 0.3) is 0 Å². The van der Waals surface area contributed by atoms with Crippen LogP contribution in [0.5, 0.6) is 0 Å². The third-order valence-corrected chi connectivity index (χ3v) is 3.99. The lowest BCUT2D eigenvalue weighted by atomic mass is 9.92. The van der Waals surface area contributed by atoms with Crippen molar-refractivity contribution in [1.82, 2.24) is 9.97 Å². The Morgan fingerprint density at radius 1 is 1.32 bits per heavy atom. The third kappa shape index (κ3) is 3.37. The maximum Gasteiger partial charge on any atom is 0.134 e. The minimum atomic E-state index is 0.460. The Kier molecular flexibility index (Phi) is 4.27. The Labute approximate surface area is 116 Å². The normalized spacial score (nSPS) is 21.4. The molecule has 0 radical (unpaired) electrons. The van der Waals surface area contributed by atoms with Crippen molar-refractivity contribution in [3.8, 4) is 0 Å². The van der Waals surface area contributed by atoms with Gasteiger partial charge in [-0.25, -0.2) is 9.97 Å². The Bertz CT molecular complexity index is 428. The van der Waals surface area contributed by atoms with E-state index >= 15 is 0 Å². The molecular formula is C15H26N4. The molecule has 0 amide bonds. The molecule has 0 aromatic carbocycles. The van der Waals surface area contributed by atoms with E-state index in [1.54, 1.807) is 6.33 Å². The van der Waals surface area contributed by atoms with Gasteiger partial charge in [-0.15, -0.1) is 0 Å². The number of nitrogens with zero attached hydrogens (tertiary/aromatic N) is 2. The third-order valence-electron chi connectivity index (χ3n) is 3.99. The Morgan fingerprint density at radius 2 is 2.05 bits per heavy atom. The van der Waals surface area contributed by atoms with Crippen LogP contribution >= 0.6 is 0 Å². The summed E-state index contributed by atoms with van der Waals surface area (Å²) in [6.45, 7) is 6.89. The molecule has 1 heterocycles. The van der Waals surface area contributed by atoms with Crippen LogP contribution < -0.4 is 10.6 Å². The molecule has 106 valence electrons. The van der Waals surface area contributed by atoms with Crippen LogP contribution in [0, 0.1) is 5.41 Å². The molecule has 2 N–H and O–H groups in total. The summed E-state index contributed by atoms with van der Waals surface area (Å²) in [5.41, 5.74) is 1.68. The quantitative estimate of drug-likeness (QED) is 0.853. The number of anilines is 2. The van der Waals surface area contributed by atoms with Gasteiger partial charge in [0.15, 0.2) is 0 Å². The van der Waals surface area contributed by atoms with Gasteiger partial charge in [-0.05, 0) is 31.1 Å². The van der Waals surface area contributed by atoms with Crippen LogP contribution in [0.3, 0.4) is 0 Å². The predicted octanol–water partition coefficient (Wildman–Crippen LogP) is 3.46. The van der Waals surface area contributed by atoms with Crippen LogP contribution in [0.2, 0.25) is 0 Å². The smallest absolute Gasteiger partial charge is 0.134 e. The summed E-state index contributed by atoms with van der Waals surface area (Å²) in [5, 5.41) is 6.80. The molecule has 1 atom stereocenters. The van der Waals surface area contributed by atoms with Crippen molar-refractivity contribution < 1.29 is 0 Å². The second-order valence-corrected chi connectivity index (χ2v) is 6.30. The lowest BCUT2D eigenvalue weighted by Gasteiger charge is -2.20. The first kappa shape index (κ1) is 14.1. The lowest BCUT2D eigenvalue weighted by Crippen LogP contribution is -2.20.